The van der Waals surface area contributed by atoms with E-state index in [0.29, 0.717) is 11.3 Å². The van der Waals surface area contributed by atoms with E-state index in [9.17, 15) is 13.2 Å². The molecule has 1 aromatic carbocycles. The Balaban J connectivity index is 2.83. The summed E-state index contributed by atoms with van der Waals surface area (Å²) in [5, 5.41) is 8.59. The SMILES string of the molecule is CN(CC(F)(F)F)c1cccc(C#N)c1. The van der Waals surface area contributed by atoms with Gasteiger partial charge < -0.3 is 4.90 Å². The van der Waals surface area contributed by atoms with Crippen molar-refractivity contribution in [3.63, 3.8) is 0 Å². The topological polar surface area (TPSA) is 27.0 Å². The van der Waals surface area contributed by atoms with Gasteiger partial charge >= 0.3 is 6.18 Å². The van der Waals surface area contributed by atoms with Crippen molar-refractivity contribution in [1.82, 2.24) is 0 Å². The summed E-state index contributed by atoms with van der Waals surface area (Å²) in [6.07, 6.45) is -4.24. The molecular weight excluding hydrogens is 205 g/mol. The molecule has 1 aromatic rings. The Morgan fingerprint density at radius 1 is 1.40 bits per heavy atom. The molecule has 0 saturated heterocycles. The molecule has 5 heteroatoms. The molecule has 0 amide bonds. The highest BCUT2D eigenvalue weighted by Crippen LogP contribution is 2.21. The molecule has 0 heterocycles. The van der Waals surface area contributed by atoms with Crippen LogP contribution in [-0.2, 0) is 0 Å². The van der Waals surface area contributed by atoms with E-state index in [1.54, 1.807) is 12.1 Å². The molecule has 0 radical (unpaired) electrons. The summed E-state index contributed by atoms with van der Waals surface area (Å²) in [5.74, 6) is 0. The molecule has 0 N–H and O–H groups in total. The summed E-state index contributed by atoms with van der Waals surface area (Å²) in [5.41, 5.74) is 0.730. The highest BCUT2D eigenvalue weighted by molar-refractivity contribution is 5.50. The van der Waals surface area contributed by atoms with Crippen LogP contribution in [0, 0.1) is 11.3 Å². The Morgan fingerprint density at radius 2 is 2.07 bits per heavy atom. The number of hydrogen-bond donors (Lipinski definition) is 0. The van der Waals surface area contributed by atoms with Crippen molar-refractivity contribution in [1.29, 1.82) is 5.26 Å². The van der Waals surface area contributed by atoms with Crippen LogP contribution in [0.2, 0.25) is 0 Å². The number of halogens is 3. The first-order chi connectivity index (χ1) is 6.92. The summed E-state index contributed by atoms with van der Waals surface area (Å²) in [7, 11) is 1.34. The number of rotatable bonds is 2. The van der Waals surface area contributed by atoms with E-state index >= 15 is 0 Å². The van der Waals surface area contributed by atoms with E-state index in [1.807, 2.05) is 6.07 Å². The van der Waals surface area contributed by atoms with Gasteiger partial charge in [0, 0.05) is 12.7 Å². The summed E-state index contributed by atoms with van der Waals surface area (Å²) >= 11 is 0. The zero-order valence-corrected chi connectivity index (χ0v) is 8.04. The van der Waals surface area contributed by atoms with Crippen LogP contribution in [0.15, 0.2) is 24.3 Å². The Labute approximate surface area is 85.5 Å². The van der Waals surface area contributed by atoms with Crippen molar-refractivity contribution in [2.75, 3.05) is 18.5 Å². The Kier molecular flexibility index (Phi) is 3.20. The lowest BCUT2D eigenvalue weighted by Crippen LogP contribution is -2.30. The minimum atomic E-state index is -4.24. The standard InChI is InChI=1S/C10H9F3N2/c1-15(7-10(11,12)13)9-4-2-3-8(5-9)6-14/h2-5H,7H2,1H3. The number of nitriles is 1. The zero-order valence-electron chi connectivity index (χ0n) is 8.04. The van der Waals surface area contributed by atoms with Crippen LogP contribution >= 0.6 is 0 Å². The van der Waals surface area contributed by atoms with Crippen molar-refractivity contribution in [2.24, 2.45) is 0 Å². The fourth-order valence-corrected chi connectivity index (χ4v) is 1.17. The smallest absolute Gasteiger partial charge is 0.366 e. The predicted molar refractivity (Wildman–Crippen MR) is 50.5 cm³/mol. The summed E-state index contributed by atoms with van der Waals surface area (Å²) in [6.45, 7) is -1.03. The first-order valence-corrected chi connectivity index (χ1v) is 4.20. The van der Waals surface area contributed by atoms with Crippen molar-refractivity contribution in [3.05, 3.63) is 29.8 Å². The molecule has 1 rings (SSSR count). The first-order valence-electron chi connectivity index (χ1n) is 4.20. The van der Waals surface area contributed by atoms with Gasteiger partial charge in [-0.1, -0.05) is 6.07 Å². The molecule has 0 aliphatic carbocycles. The van der Waals surface area contributed by atoms with E-state index in [0.717, 1.165) is 4.90 Å². The van der Waals surface area contributed by atoms with Gasteiger partial charge in [0.15, 0.2) is 0 Å². The quantitative estimate of drug-likeness (QED) is 0.756. The van der Waals surface area contributed by atoms with Gasteiger partial charge in [-0.25, -0.2) is 0 Å². The van der Waals surface area contributed by atoms with Crippen molar-refractivity contribution in [3.8, 4) is 6.07 Å². The summed E-state index contributed by atoms with van der Waals surface area (Å²) < 4.78 is 36.2. The number of nitrogens with zero attached hydrogens (tertiary/aromatic N) is 2. The van der Waals surface area contributed by atoms with Crippen LogP contribution < -0.4 is 4.90 Å². The third-order valence-electron chi connectivity index (χ3n) is 1.83. The summed E-state index contributed by atoms with van der Waals surface area (Å²) in [6, 6.07) is 7.94. The van der Waals surface area contributed by atoms with E-state index in [1.165, 1.54) is 19.2 Å². The fourth-order valence-electron chi connectivity index (χ4n) is 1.17. The largest absolute Gasteiger partial charge is 0.405 e. The van der Waals surface area contributed by atoms with Gasteiger partial charge in [0.2, 0.25) is 0 Å². The van der Waals surface area contributed by atoms with Gasteiger partial charge in [0.05, 0.1) is 11.6 Å². The van der Waals surface area contributed by atoms with Crippen molar-refractivity contribution < 1.29 is 13.2 Å². The lowest BCUT2D eigenvalue weighted by atomic mass is 10.2. The lowest BCUT2D eigenvalue weighted by molar-refractivity contribution is -0.119. The van der Waals surface area contributed by atoms with E-state index < -0.39 is 12.7 Å². The highest BCUT2D eigenvalue weighted by atomic mass is 19.4. The van der Waals surface area contributed by atoms with Crippen LogP contribution in [0.3, 0.4) is 0 Å². The second-order valence-corrected chi connectivity index (χ2v) is 3.13. The molecular formula is C10H9F3N2. The van der Waals surface area contributed by atoms with Crippen LogP contribution in [0.25, 0.3) is 0 Å². The molecule has 0 aliphatic heterocycles. The minimum Gasteiger partial charge on any atom is -0.366 e. The molecule has 15 heavy (non-hydrogen) atoms. The van der Waals surface area contributed by atoms with Crippen LogP contribution in [-0.4, -0.2) is 19.8 Å². The Hall–Kier alpha value is -1.70. The Bertz CT molecular complexity index is 379. The van der Waals surface area contributed by atoms with Gasteiger partial charge in [-0.3, -0.25) is 0 Å². The molecule has 0 aromatic heterocycles. The third kappa shape index (κ3) is 3.50. The molecule has 0 spiro atoms. The van der Waals surface area contributed by atoms with E-state index in [4.69, 9.17) is 5.26 Å². The highest BCUT2D eigenvalue weighted by Gasteiger charge is 2.29. The number of alkyl halides is 3. The summed E-state index contributed by atoms with van der Waals surface area (Å²) in [4.78, 5) is 1.06. The van der Waals surface area contributed by atoms with Gasteiger partial charge in [-0.05, 0) is 18.2 Å². The van der Waals surface area contributed by atoms with Crippen LogP contribution in [0.4, 0.5) is 18.9 Å². The van der Waals surface area contributed by atoms with Crippen LogP contribution in [0.1, 0.15) is 5.56 Å². The fraction of sp³-hybridized carbons (Fsp3) is 0.300. The maximum Gasteiger partial charge on any atom is 0.405 e. The molecule has 0 bridgehead atoms. The van der Waals surface area contributed by atoms with E-state index in [-0.39, 0.29) is 0 Å². The predicted octanol–water partition coefficient (Wildman–Crippen LogP) is 2.56. The molecule has 0 atom stereocenters. The molecule has 80 valence electrons. The number of anilines is 1. The second-order valence-electron chi connectivity index (χ2n) is 3.13. The maximum absolute atomic E-state index is 12.1. The van der Waals surface area contributed by atoms with E-state index in [2.05, 4.69) is 0 Å². The van der Waals surface area contributed by atoms with Gasteiger partial charge in [0.25, 0.3) is 0 Å². The Morgan fingerprint density at radius 3 is 2.60 bits per heavy atom. The second kappa shape index (κ2) is 4.22. The van der Waals surface area contributed by atoms with Gasteiger partial charge in [-0.15, -0.1) is 0 Å². The monoisotopic (exact) mass is 214 g/mol. The molecule has 0 fully saturated rings. The molecule has 0 aliphatic rings. The van der Waals surface area contributed by atoms with Crippen molar-refractivity contribution >= 4 is 5.69 Å². The number of hydrogen-bond acceptors (Lipinski definition) is 2. The normalized spacial score (nSPS) is 10.9. The zero-order chi connectivity index (χ0) is 11.5. The van der Waals surface area contributed by atoms with Crippen molar-refractivity contribution in [2.45, 2.75) is 6.18 Å². The molecule has 0 saturated carbocycles. The van der Waals surface area contributed by atoms with Gasteiger partial charge in [0.1, 0.15) is 6.54 Å². The van der Waals surface area contributed by atoms with Gasteiger partial charge in [-0.2, -0.15) is 18.4 Å². The minimum absolute atomic E-state index is 0.349. The van der Waals surface area contributed by atoms with Crippen LogP contribution in [0.5, 0.6) is 0 Å². The lowest BCUT2D eigenvalue weighted by Gasteiger charge is -2.20. The first kappa shape index (κ1) is 11.4. The average molecular weight is 214 g/mol. The average Bonchev–Trinajstić information content (AvgIpc) is 2.15. The maximum atomic E-state index is 12.1. The number of benzene rings is 1. The third-order valence-corrected chi connectivity index (χ3v) is 1.83. The molecule has 2 nitrogen and oxygen atoms in total. The molecule has 0 unspecified atom stereocenters.